The van der Waals surface area contributed by atoms with E-state index in [2.05, 4.69) is 36.9 Å². The number of benzene rings is 1. The third-order valence-corrected chi connectivity index (χ3v) is 3.86. The lowest BCUT2D eigenvalue weighted by Gasteiger charge is -2.36. The first-order valence-corrected chi connectivity index (χ1v) is 6.65. The summed E-state index contributed by atoms with van der Waals surface area (Å²) in [4.78, 5) is 2.48. The van der Waals surface area contributed by atoms with E-state index in [0.717, 1.165) is 38.2 Å². The first-order valence-electron chi connectivity index (χ1n) is 6.65. The zero-order chi connectivity index (χ0) is 13.2. The fourth-order valence-corrected chi connectivity index (χ4v) is 2.52. The van der Waals surface area contributed by atoms with Crippen LogP contribution in [0.3, 0.4) is 0 Å². The van der Waals surface area contributed by atoms with E-state index < -0.39 is 0 Å². The molecule has 1 aromatic carbocycles. The van der Waals surface area contributed by atoms with Crippen LogP contribution < -0.4 is 10.5 Å². The number of likely N-dealkylation sites (tertiary alicyclic amines) is 1. The maximum Gasteiger partial charge on any atom is 0.121 e. The van der Waals surface area contributed by atoms with Gasteiger partial charge < -0.3 is 10.5 Å². The van der Waals surface area contributed by atoms with E-state index in [1.165, 1.54) is 11.1 Å². The molecule has 18 heavy (non-hydrogen) atoms. The second kappa shape index (κ2) is 5.29. The van der Waals surface area contributed by atoms with Gasteiger partial charge in [-0.3, -0.25) is 4.90 Å². The van der Waals surface area contributed by atoms with E-state index in [0.29, 0.717) is 0 Å². The molecule has 0 saturated carbocycles. The highest BCUT2D eigenvalue weighted by Gasteiger charge is 2.25. The molecule has 0 unspecified atom stereocenters. The standard InChI is InChI=1S/C15H24N2O/c1-12-10-13(4-5-14(12)18-3)11-17-8-6-15(2,16)7-9-17/h4-5,10H,6-9,11,16H2,1-3H3. The van der Waals surface area contributed by atoms with E-state index in [4.69, 9.17) is 10.5 Å². The lowest BCUT2D eigenvalue weighted by Crippen LogP contribution is -2.47. The number of aryl methyl sites for hydroxylation is 1. The van der Waals surface area contributed by atoms with Gasteiger partial charge in [-0.05, 0) is 43.9 Å². The Balaban J connectivity index is 1.96. The average Bonchev–Trinajstić information content (AvgIpc) is 2.32. The third kappa shape index (κ3) is 3.24. The summed E-state index contributed by atoms with van der Waals surface area (Å²) in [7, 11) is 1.72. The van der Waals surface area contributed by atoms with Crippen molar-refractivity contribution >= 4 is 0 Å². The largest absolute Gasteiger partial charge is 0.496 e. The lowest BCUT2D eigenvalue weighted by molar-refractivity contribution is 0.165. The topological polar surface area (TPSA) is 38.5 Å². The number of methoxy groups -OCH3 is 1. The minimum absolute atomic E-state index is 0.0341. The summed E-state index contributed by atoms with van der Waals surface area (Å²) >= 11 is 0. The number of nitrogens with zero attached hydrogens (tertiary/aromatic N) is 1. The molecule has 0 radical (unpaired) electrons. The summed E-state index contributed by atoms with van der Waals surface area (Å²) in [5.74, 6) is 0.965. The van der Waals surface area contributed by atoms with Gasteiger partial charge in [0, 0.05) is 25.2 Å². The molecule has 0 spiro atoms. The highest BCUT2D eigenvalue weighted by molar-refractivity contribution is 5.36. The molecule has 1 aromatic rings. The third-order valence-electron chi connectivity index (χ3n) is 3.86. The molecule has 1 aliphatic heterocycles. The van der Waals surface area contributed by atoms with Crippen molar-refractivity contribution in [2.24, 2.45) is 5.73 Å². The van der Waals surface area contributed by atoms with Crippen molar-refractivity contribution in [3.63, 3.8) is 0 Å². The highest BCUT2D eigenvalue weighted by Crippen LogP contribution is 2.23. The van der Waals surface area contributed by atoms with Crippen LogP contribution in [0.1, 0.15) is 30.9 Å². The predicted molar refractivity (Wildman–Crippen MR) is 74.8 cm³/mol. The second-order valence-electron chi connectivity index (χ2n) is 5.73. The van der Waals surface area contributed by atoms with Gasteiger partial charge in [-0.1, -0.05) is 12.1 Å². The van der Waals surface area contributed by atoms with E-state index in [-0.39, 0.29) is 5.54 Å². The fourth-order valence-electron chi connectivity index (χ4n) is 2.52. The molecule has 2 N–H and O–H groups in total. The molecule has 1 aliphatic rings. The van der Waals surface area contributed by atoms with Crippen LogP contribution in [0, 0.1) is 6.92 Å². The molecular formula is C15H24N2O. The van der Waals surface area contributed by atoms with Crippen LogP contribution in [0.2, 0.25) is 0 Å². The summed E-state index contributed by atoms with van der Waals surface area (Å²) in [6, 6.07) is 6.43. The van der Waals surface area contributed by atoms with Crippen molar-refractivity contribution in [2.45, 2.75) is 38.8 Å². The molecule has 1 fully saturated rings. The van der Waals surface area contributed by atoms with Crippen molar-refractivity contribution in [3.8, 4) is 5.75 Å². The molecule has 0 aromatic heterocycles. The number of nitrogens with two attached hydrogens (primary N) is 1. The SMILES string of the molecule is COc1ccc(CN2CCC(C)(N)CC2)cc1C. The average molecular weight is 248 g/mol. The molecule has 0 amide bonds. The minimum atomic E-state index is 0.0341. The Morgan fingerprint density at radius 3 is 2.56 bits per heavy atom. The first-order chi connectivity index (χ1) is 8.50. The summed E-state index contributed by atoms with van der Waals surface area (Å²) in [5, 5.41) is 0. The van der Waals surface area contributed by atoms with Crippen LogP contribution in [0.5, 0.6) is 5.75 Å². The van der Waals surface area contributed by atoms with Crippen LogP contribution >= 0.6 is 0 Å². The quantitative estimate of drug-likeness (QED) is 0.892. The normalized spacial score (nSPS) is 19.8. The zero-order valence-corrected chi connectivity index (χ0v) is 11.7. The van der Waals surface area contributed by atoms with E-state index >= 15 is 0 Å². The van der Waals surface area contributed by atoms with Gasteiger partial charge >= 0.3 is 0 Å². The molecule has 2 rings (SSSR count). The minimum Gasteiger partial charge on any atom is -0.496 e. The number of rotatable bonds is 3. The summed E-state index contributed by atoms with van der Waals surface area (Å²) in [6.07, 6.45) is 2.17. The number of piperidine rings is 1. The monoisotopic (exact) mass is 248 g/mol. The molecule has 100 valence electrons. The maximum atomic E-state index is 6.15. The van der Waals surface area contributed by atoms with Crippen LogP contribution in [-0.4, -0.2) is 30.6 Å². The van der Waals surface area contributed by atoms with Crippen molar-refractivity contribution in [1.82, 2.24) is 4.90 Å². The molecule has 3 nitrogen and oxygen atoms in total. The fraction of sp³-hybridized carbons (Fsp3) is 0.600. The number of ether oxygens (including phenoxy) is 1. The van der Waals surface area contributed by atoms with Gasteiger partial charge in [0.2, 0.25) is 0 Å². The first kappa shape index (κ1) is 13.4. The van der Waals surface area contributed by atoms with Gasteiger partial charge in [0.25, 0.3) is 0 Å². The molecular weight excluding hydrogens is 224 g/mol. The van der Waals surface area contributed by atoms with Crippen LogP contribution in [0.15, 0.2) is 18.2 Å². The van der Waals surface area contributed by atoms with Gasteiger partial charge in [-0.2, -0.15) is 0 Å². The van der Waals surface area contributed by atoms with Crippen molar-refractivity contribution in [2.75, 3.05) is 20.2 Å². The summed E-state index contributed by atoms with van der Waals surface area (Å²) < 4.78 is 5.29. The molecule has 0 atom stereocenters. The Morgan fingerprint density at radius 1 is 1.33 bits per heavy atom. The van der Waals surface area contributed by atoms with Crippen LogP contribution in [0.25, 0.3) is 0 Å². The van der Waals surface area contributed by atoms with Crippen molar-refractivity contribution < 1.29 is 4.74 Å². The van der Waals surface area contributed by atoms with Crippen molar-refractivity contribution in [3.05, 3.63) is 29.3 Å². The molecule has 1 saturated heterocycles. The van der Waals surface area contributed by atoms with E-state index in [9.17, 15) is 0 Å². The lowest BCUT2D eigenvalue weighted by atomic mass is 9.91. The Hall–Kier alpha value is -1.06. The Kier molecular flexibility index (Phi) is 3.93. The molecule has 0 bridgehead atoms. The molecule has 1 heterocycles. The van der Waals surface area contributed by atoms with Gasteiger partial charge in [0.15, 0.2) is 0 Å². The maximum absolute atomic E-state index is 6.15. The van der Waals surface area contributed by atoms with Crippen LogP contribution in [0.4, 0.5) is 0 Å². The smallest absolute Gasteiger partial charge is 0.121 e. The zero-order valence-electron chi connectivity index (χ0n) is 11.7. The van der Waals surface area contributed by atoms with E-state index in [1.54, 1.807) is 7.11 Å². The van der Waals surface area contributed by atoms with Crippen molar-refractivity contribution in [1.29, 1.82) is 0 Å². The Labute approximate surface area is 110 Å². The van der Waals surface area contributed by atoms with Gasteiger partial charge in [-0.15, -0.1) is 0 Å². The van der Waals surface area contributed by atoms with Gasteiger partial charge in [-0.25, -0.2) is 0 Å². The predicted octanol–water partition coefficient (Wildman–Crippen LogP) is 2.32. The summed E-state index contributed by atoms with van der Waals surface area (Å²) in [5.41, 5.74) is 8.75. The number of hydrogen-bond donors (Lipinski definition) is 1. The Morgan fingerprint density at radius 2 is 2.00 bits per heavy atom. The highest BCUT2D eigenvalue weighted by atomic mass is 16.5. The van der Waals surface area contributed by atoms with Crippen LogP contribution in [-0.2, 0) is 6.54 Å². The Bertz CT molecular complexity index is 405. The molecule has 0 aliphatic carbocycles. The van der Waals surface area contributed by atoms with Gasteiger partial charge in [0.1, 0.15) is 5.75 Å². The van der Waals surface area contributed by atoms with E-state index in [1.807, 2.05) is 0 Å². The molecule has 3 heteroatoms. The number of hydrogen-bond acceptors (Lipinski definition) is 3. The summed E-state index contributed by atoms with van der Waals surface area (Å²) in [6.45, 7) is 7.45. The second-order valence-corrected chi connectivity index (χ2v) is 5.73. The van der Waals surface area contributed by atoms with Gasteiger partial charge in [0.05, 0.1) is 7.11 Å².